The summed E-state index contributed by atoms with van der Waals surface area (Å²) in [6.45, 7) is 7.16. The molecular formula is C11H23ClO5Si. The molecule has 0 aliphatic rings. The molecule has 0 unspecified atom stereocenters. The smallest absolute Gasteiger partial charge is 0.451 e. The van der Waals surface area contributed by atoms with Crippen molar-refractivity contribution in [2.75, 3.05) is 25.7 Å². The normalized spacial score (nSPS) is 11.6. The Labute approximate surface area is 115 Å². The van der Waals surface area contributed by atoms with Gasteiger partial charge in [0.15, 0.2) is 0 Å². The molecule has 7 heteroatoms. The van der Waals surface area contributed by atoms with Crippen LogP contribution in [0, 0.1) is 0 Å². The van der Waals surface area contributed by atoms with Gasteiger partial charge in [-0.1, -0.05) is 20.8 Å². The lowest BCUT2D eigenvalue weighted by atomic mass is 10.5. The standard InChI is InChI=1S/C11H23ClO5Si/c1-4-7-14-18(15-8-5-2,16-9-6-3)17-11(13)10-12/h4-10H2,1-3H3. The first-order chi connectivity index (χ1) is 8.64. The summed E-state index contributed by atoms with van der Waals surface area (Å²) in [6.07, 6.45) is 2.37. The van der Waals surface area contributed by atoms with Gasteiger partial charge in [-0.05, 0) is 19.3 Å². The Morgan fingerprint density at radius 1 is 0.944 bits per heavy atom. The Balaban J connectivity index is 4.66. The van der Waals surface area contributed by atoms with E-state index in [0.29, 0.717) is 19.8 Å². The van der Waals surface area contributed by atoms with Crippen LogP contribution < -0.4 is 0 Å². The van der Waals surface area contributed by atoms with Crippen LogP contribution in [0.2, 0.25) is 0 Å². The van der Waals surface area contributed by atoms with Crippen LogP contribution in [0.25, 0.3) is 0 Å². The zero-order valence-electron chi connectivity index (χ0n) is 11.4. The fraction of sp³-hybridized carbons (Fsp3) is 0.909. The molecule has 0 aromatic heterocycles. The first-order valence-corrected chi connectivity index (χ1v) is 8.50. The maximum Gasteiger partial charge on any atom is 0.751 e. The Kier molecular flexibility index (Phi) is 10.7. The maximum atomic E-state index is 11.4. The van der Waals surface area contributed by atoms with Crippen molar-refractivity contribution in [3.05, 3.63) is 0 Å². The summed E-state index contributed by atoms with van der Waals surface area (Å²) in [4.78, 5) is 11.4. The average molecular weight is 299 g/mol. The second-order valence-corrected chi connectivity index (χ2v) is 5.99. The van der Waals surface area contributed by atoms with E-state index < -0.39 is 15.0 Å². The summed E-state index contributed by atoms with van der Waals surface area (Å²) in [6, 6.07) is 0. The van der Waals surface area contributed by atoms with Crippen LogP contribution in [0.1, 0.15) is 40.0 Å². The summed E-state index contributed by atoms with van der Waals surface area (Å²) in [5, 5.41) is 0. The quantitative estimate of drug-likeness (QED) is 0.433. The molecule has 5 nitrogen and oxygen atoms in total. The summed E-state index contributed by atoms with van der Waals surface area (Å²) in [7, 11) is -3.38. The van der Waals surface area contributed by atoms with E-state index in [1.807, 2.05) is 20.8 Å². The highest BCUT2D eigenvalue weighted by Crippen LogP contribution is 2.14. The van der Waals surface area contributed by atoms with Crippen LogP contribution in [0.3, 0.4) is 0 Å². The molecule has 0 saturated heterocycles. The largest absolute Gasteiger partial charge is 0.751 e. The van der Waals surface area contributed by atoms with Gasteiger partial charge in [-0.25, -0.2) is 0 Å². The third kappa shape index (κ3) is 7.33. The molecule has 0 bridgehead atoms. The number of alkyl halides is 1. The fourth-order valence-electron chi connectivity index (χ4n) is 1.06. The summed E-state index contributed by atoms with van der Waals surface area (Å²) in [5.41, 5.74) is 0. The summed E-state index contributed by atoms with van der Waals surface area (Å²) < 4.78 is 21.8. The van der Waals surface area contributed by atoms with Crippen molar-refractivity contribution in [1.29, 1.82) is 0 Å². The third-order valence-electron chi connectivity index (χ3n) is 1.80. The number of hydrogen-bond donors (Lipinski definition) is 0. The first-order valence-electron chi connectivity index (χ1n) is 6.33. The van der Waals surface area contributed by atoms with Gasteiger partial charge in [0.1, 0.15) is 5.88 Å². The van der Waals surface area contributed by atoms with Gasteiger partial charge in [0.2, 0.25) is 0 Å². The monoisotopic (exact) mass is 298 g/mol. The van der Waals surface area contributed by atoms with Gasteiger partial charge in [-0.2, -0.15) is 0 Å². The molecule has 0 rings (SSSR count). The molecule has 0 atom stereocenters. The van der Waals surface area contributed by atoms with Gasteiger partial charge in [-0.3, -0.25) is 4.79 Å². The van der Waals surface area contributed by atoms with Gasteiger partial charge >= 0.3 is 15.0 Å². The minimum Gasteiger partial charge on any atom is -0.451 e. The SMILES string of the molecule is CCCO[Si](OCCC)(OCCC)OC(=O)CCl. The molecule has 0 heterocycles. The fourth-order valence-corrected chi connectivity index (χ4v) is 3.35. The Morgan fingerprint density at radius 2 is 1.33 bits per heavy atom. The van der Waals surface area contributed by atoms with E-state index >= 15 is 0 Å². The van der Waals surface area contributed by atoms with E-state index in [1.165, 1.54) is 0 Å². The van der Waals surface area contributed by atoms with Gasteiger partial charge < -0.3 is 17.7 Å². The van der Waals surface area contributed by atoms with E-state index in [4.69, 9.17) is 29.3 Å². The third-order valence-corrected chi connectivity index (χ3v) is 4.17. The van der Waals surface area contributed by atoms with E-state index in [1.54, 1.807) is 0 Å². The molecule has 18 heavy (non-hydrogen) atoms. The minimum absolute atomic E-state index is 0.241. The van der Waals surface area contributed by atoms with Gasteiger partial charge in [-0.15, -0.1) is 11.6 Å². The lowest BCUT2D eigenvalue weighted by molar-refractivity contribution is -0.142. The molecule has 0 aromatic rings. The molecule has 0 spiro atoms. The average Bonchev–Trinajstić information content (AvgIpc) is 2.40. The van der Waals surface area contributed by atoms with Crippen LogP contribution in [0.5, 0.6) is 0 Å². The van der Waals surface area contributed by atoms with Crippen LogP contribution in [-0.2, 0) is 22.5 Å². The van der Waals surface area contributed by atoms with Crippen molar-refractivity contribution in [3.63, 3.8) is 0 Å². The Bertz CT molecular complexity index is 206. The molecule has 0 amide bonds. The minimum atomic E-state index is -3.38. The zero-order chi connectivity index (χ0) is 13.9. The predicted molar refractivity (Wildman–Crippen MR) is 71.3 cm³/mol. The molecule has 0 aliphatic heterocycles. The lowest BCUT2D eigenvalue weighted by Gasteiger charge is -2.26. The number of halogens is 1. The Hall–Kier alpha value is -0.143. The predicted octanol–water partition coefficient (Wildman–Crippen LogP) is 2.48. The molecule has 0 aliphatic carbocycles. The molecular weight excluding hydrogens is 276 g/mol. The highest BCUT2D eigenvalue weighted by molar-refractivity contribution is 6.56. The van der Waals surface area contributed by atoms with Gasteiger partial charge in [0.05, 0.1) is 0 Å². The highest BCUT2D eigenvalue weighted by atomic mass is 35.5. The van der Waals surface area contributed by atoms with E-state index in [9.17, 15) is 4.79 Å². The van der Waals surface area contributed by atoms with Crippen molar-refractivity contribution in [2.45, 2.75) is 40.0 Å². The number of carbonyl (C=O) groups is 1. The second kappa shape index (κ2) is 10.7. The number of hydrogen-bond acceptors (Lipinski definition) is 5. The zero-order valence-corrected chi connectivity index (χ0v) is 13.1. The van der Waals surface area contributed by atoms with Crippen molar-refractivity contribution in [3.8, 4) is 0 Å². The molecule has 108 valence electrons. The first kappa shape index (κ1) is 17.9. The van der Waals surface area contributed by atoms with Gasteiger partial charge in [0, 0.05) is 19.8 Å². The summed E-state index contributed by atoms with van der Waals surface area (Å²) in [5.74, 6) is -0.818. The molecule has 0 aromatic carbocycles. The topological polar surface area (TPSA) is 54.0 Å². The second-order valence-electron chi connectivity index (χ2n) is 3.65. The van der Waals surface area contributed by atoms with Crippen molar-refractivity contribution in [2.24, 2.45) is 0 Å². The molecule has 0 N–H and O–H groups in total. The van der Waals surface area contributed by atoms with E-state index in [-0.39, 0.29) is 5.88 Å². The van der Waals surface area contributed by atoms with Crippen molar-refractivity contribution >= 4 is 26.6 Å². The van der Waals surface area contributed by atoms with Crippen LogP contribution >= 0.6 is 11.6 Å². The summed E-state index contributed by atoms with van der Waals surface area (Å²) >= 11 is 5.44. The lowest BCUT2D eigenvalue weighted by Crippen LogP contribution is -2.51. The molecule has 0 saturated carbocycles. The number of rotatable bonds is 11. The van der Waals surface area contributed by atoms with E-state index in [2.05, 4.69) is 0 Å². The highest BCUT2D eigenvalue weighted by Gasteiger charge is 2.49. The maximum absolute atomic E-state index is 11.4. The van der Waals surface area contributed by atoms with Crippen molar-refractivity contribution in [1.82, 2.24) is 0 Å². The van der Waals surface area contributed by atoms with Gasteiger partial charge in [0.25, 0.3) is 0 Å². The van der Waals surface area contributed by atoms with E-state index in [0.717, 1.165) is 19.3 Å². The van der Waals surface area contributed by atoms with Crippen LogP contribution in [0.4, 0.5) is 0 Å². The van der Waals surface area contributed by atoms with Crippen molar-refractivity contribution < 1.29 is 22.5 Å². The number of carbonyl (C=O) groups excluding carboxylic acids is 1. The van der Waals surface area contributed by atoms with Crippen LogP contribution in [-0.4, -0.2) is 40.7 Å². The van der Waals surface area contributed by atoms with Crippen LogP contribution in [0.15, 0.2) is 0 Å². The Morgan fingerprint density at radius 3 is 1.61 bits per heavy atom. The molecule has 0 fully saturated rings. The molecule has 0 radical (unpaired) electrons.